The second-order valence-corrected chi connectivity index (χ2v) is 12.2. The number of aromatic nitrogens is 1. The molecule has 0 radical (unpaired) electrons. The number of hydrogen-bond donors (Lipinski definition) is 1. The number of thiazole rings is 1. The lowest BCUT2D eigenvalue weighted by Gasteiger charge is -2.46. The zero-order chi connectivity index (χ0) is 29.0. The number of ether oxygens (including phenoxy) is 5. The molecule has 2 aromatic rings. The highest BCUT2D eigenvalue weighted by Gasteiger charge is 2.48. The molecular formula is C32H46ClNO6S. The van der Waals surface area contributed by atoms with E-state index < -0.39 is 18.3 Å². The van der Waals surface area contributed by atoms with Gasteiger partial charge in [0.15, 0.2) is 0 Å². The molecule has 228 valence electrons. The van der Waals surface area contributed by atoms with Crippen molar-refractivity contribution >= 4 is 28.7 Å². The topological polar surface area (TPSA) is 79.3 Å². The van der Waals surface area contributed by atoms with Crippen LogP contribution in [0.5, 0.6) is 0 Å². The summed E-state index contributed by atoms with van der Waals surface area (Å²) in [5, 5.41) is 12.1. The van der Waals surface area contributed by atoms with Crippen LogP contribution in [0.25, 0.3) is 5.76 Å². The van der Waals surface area contributed by atoms with Crippen molar-refractivity contribution in [2.75, 3.05) is 33.0 Å². The molecule has 0 unspecified atom stereocenters. The summed E-state index contributed by atoms with van der Waals surface area (Å²) in [6.07, 6.45) is 9.26. The van der Waals surface area contributed by atoms with Crippen molar-refractivity contribution in [3.8, 4) is 0 Å². The van der Waals surface area contributed by atoms with Crippen LogP contribution in [0.3, 0.4) is 0 Å². The standard InChI is InChI=1S/C32H46ClNO6S/c1-4-7-14-37-30-26(21-35)40-29(31(38-15-8-5-2)32(30)39-16-9-6-3)22-12-13-24(33)23(18-22)19-28-34-20-27(41-28)25-11-10-17-36-25/h11-13,18,20,26,29-32,35H,4-10,14-17,19,21H2,1-3H3/t26-,29+,30-,31+,32+/m1/s1. The summed E-state index contributed by atoms with van der Waals surface area (Å²) in [6.45, 7) is 8.78. The maximum absolute atomic E-state index is 10.4. The van der Waals surface area contributed by atoms with Crippen LogP contribution in [0.15, 0.2) is 30.5 Å². The minimum Gasteiger partial charge on any atom is -0.492 e. The van der Waals surface area contributed by atoms with Gasteiger partial charge in [-0.3, -0.25) is 0 Å². The summed E-state index contributed by atoms with van der Waals surface area (Å²) < 4.78 is 31.7. The van der Waals surface area contributed by atoms with Gasteiger partial charge < -0.3 is 28.8 Å². The third kappa shape index (κ3) is 8.75. The Labute approximate surface area is 254 Å². The second-order valence-electron chi connectivity index (χ2n) is 10.7. The van der Waals surface area contributed by atoms with Gasteiger partial charge in [-0.15, -0.1) is 11.3 Å². The smallest absolute Gasteiger partial charge is 0.134 e. The van der Waals surface area contributed by atoms with E-state index in [1.807, 2.05) is 18.3 Å². The average molecular weight is 608 g/mol. The molecule has 1 saturated heterocycles. The van der Waals surface area contributed by atoms with E-state index in [1.54, 1.807) is 11.3 Å². The van der Waals surface area contributed by atoms with E-state index in [2.05, 4.69) is 37.9 Å². The Kier molecular flexibility index (Phi) is 13.4. The SMILES string of the molecule is CCCCO[C@@H]1[C@@H](OCCCC)[C@H](c2ccc(Cl)c(Cc3ncc(C4=CCCO4)s3)c2)O[C@H](CO)[C@H]1OCCCC. The maximum atomic E-state index is 10.4. The van der Waals surface area contributed by atoms with Crippen molar-refractivity contribution < 1.29 is 28.8 Å². The van der Waals surface area contributed by atoms with Gasteiger partial charge in [-0.1, -0.05) is 63.8 Å². The molecule has 41 heavy (non-hydrogen) atoms. The fourth-order valence-electron chi connectivity index (χ4n) is 5.16. The van der Waals surface area contributed by atoms with Gasteiger partial charge >= 0.3 is 0 Å². The molecule has 0 saturated carbocycles. The fourth-order valence-corrected chi connectivity index (χ4v) is 6.28. The predicted octanol–water partition coefficient (Wildman–Crippen LogP) is 7.14. The zero-order valence-corrected chi connectivity index (χ0v) is 26.3. The number of hydrogen-bond acceptors (Lipinski definition) is 8. The summed E-state index contributed by atoms with van der Waals surface area (Å²) in [4.78, 5) is 5.68. The van der Waals surface area contributed by atoms with Gasteiger partial charge in [0.05, 0.1) is 23.1 Å². The summed E-state index contributed by atoms with van der Waals surface area (Å²) in [5.74, 6) is 0.913. The van der Waals surface area contributed by atoms with Gasteiger partial charge in [0.25, 0.3) is 0 Å². The van der Waals surface area contributed by atoms with Crippen LogP contribution >= 0.6 is 22.9 Å². The van der Waals surface area contributed by atoms with Crippen molar-refractivity contribution in [3.63, 3.8) is 0 Å². The lowest BCUT2D eigenvalue weighted by molar-refractivity contribution is -0.266. The average Bonchev–Trinajstić information content (AvgIpc) is 3.68. The van der Waals surface area contributed by atoms with Crippen LogP contribution in [0.2, 0.25) is 5.02 Å². The molecule has 0 aliphatic carbocycles. The van der Waals surface area contributed by atoms with E-state index in [9.17, 15) is 5.11 Å². The van der Waals surface area contributed by atoms with E-state index in [1.165, 1.54) is 0 Å². The third-order valence-corrected chi connectivity index (χ3v) is 8.86. The molecular weight excluding hydrogens is 562 g/mol. The number of rotatable bonds is 17. The fraction of sp³-hybridized carbons (Fsp3) is 0.656. The molecule has 3 heterocycles. The van der Waals surface area contributed by atoms with E-state index in [4.69, 9.17) is 35.3 Å². The third-order valence-electron chi connectivity index (χ3n) is 7.48. The molecule has 0 spiro atoms. The van der Waals surface area contributed by atoms with Gasteiger partial charge in [-0.05, 0) is 42.5 Å². The molecule has 4 rings (SSSR count). The first-order valence-electron chi connectivity index (χ1n) is 15.3. The Balaban J connectivity index is 1.62. The lowest BCUT2D eigenvalue weighted by Crippen LogP contribution is -2.58. The summed E-state index contributed by atoms with van der Waals surface area (Å²) in [7, 11) is 0. The monoisotopic (exact) mass is 607 g/mol. The Bertz CT molecular complexity index is 1090. The number of benzene rings is 1. The van der Waals surface area contributed by atoms with Gasteiger partial charge in [0.1, 0.15) is 36.3 Å². The van der Waals surface area contributed by atoms with E-state index >= 15 is 0 Å². The van der Waals surface area contributed by atoms with Crippen LogP contribution in [-0.2, 0) is 30.1 Å². The Morgan fingerprint density at radius 3 is 2.29 bits per heavy atom. The quantitative estimate of drug-likeness (QED) is 0.192. The van der Waals surface area contributed by atoms with Crippen LogP contribution in [0.1, 0.15) is 92.8 Å². The van der Waals surface area contributed by atoms with Gasteiger partial charge in [-0.2, -0.15) is 0 Å². The Morgan fingerprint density at radius 2 is 1.66 bits per heavy atom. The van der Waals surface area contributed by atoms with Crippen LogP contribution < -0.4 is 0 Å². The molecule has 5 atom stereocenters. The van der Waals surface area contributed by atoms with Crippen molar-refractivity contribution in [1.29, 1.82) is 0 Å². The molecule has 2 aliphatic rings. The van der Waals surface area contributed by atoms with Crippen molar-refractivity contribution in [1.82, 2.24) is 4.98 Å². The Hall–Kier alpha value is -1.52. The molecule has 1 fully saturated rings. The maximum Gasteiger partial charge on any atom is 0.134 e. The lowest BCUT2D eigenvalue weighted by atomic mass is 9.89. The van der Waals surface area contributed by atoms with E-state index in [0.29, 0.717) is 31.3 Å². The molecule has 0 bridgehead atoms. The van der Waals surface area contributed by atoms with Gasteiger partial charge in [0.2, 0.25) is 0 Å². The van der Waals surface area contributed by atoms with Crippen molar-refractivity contribution in [3.05, 3.63) is 56.5 Å². The molecule has 7 nitrogen and oxygen atoms in total. The largest absolute Gasteiger partial charge is 0.492 e. The Morgan fingerprint density at radius 1 is 0.976 bits per heavy atom. The first-order valence-corrected chi connectivity index (χ1v) is 16.5. The number of unbranched alkanes of at least 4 members (excludes halogenated alkanes) is 3. The van der Waals surface area contributed by atoms with Crippen molar-refractivity contribution in [2.24, 2.45) is 0 Å². The molecule has 0 amide bonds. The second kappa shape index (κ2) is 16.9. The summed E-state index contributed by atoms with van der Waals surface area (Å²) >= 11 is 8.33. The molecule has 2 aliphatic heterocycles. The highest BCUT2D eigenvalue weighted by Crippen LogP contribution is 2.39. The van der Waals surface area contributed by atoms with Crippen LogP contribution in [0, 0.1) is 0 Å². The van der Waals surface area contributed by atoms with Crippen LogP contribution in [-0.4, -0.2) is 67.5 Å². The predicted molar refractivity (Wildman–Crippen MR) is 164 cm³/mol. The first-order chi connectivity index (χ1) is 20.1. The normalized spacial score (nSPS) is 24.4. The van der Waals surface area contributed by atoms with Gasteiger partial charge in [0, 0.05) is 43.9 Å². The zero-order valence-electron chi connectivity index (χ0n) is 24.7. The van der Waals surface area contributed by atoms with E-state index in [-0.39, 0.29) is 18.8 Å². The number of nitrogens with zero attached hydrogens (tertiary/aromatic N) is 1. The number of aliphatic hydroxyl groups is 1. The molecule has 1 N–H and O–H groups in total. The van der Waals surface area contributed by atoms with Gasteiger partial charge in [-0.25, -0.2) is 4.98 Å². The summed E-state index contributed by atoms with van der Waals surface area (Å²) in [5.41, 5.74) is 1.91. The highest BCUT2D eigenvalue weighted by atomic mass is 35.5. The molecule has 1 aromatic heterocycles. The minimum absolute atomic E-state index is 0.164. The number of halogens is 1. The summed E-state index contributed by atoms with van der Waals surface area (Å²) in [6, 6.07) is 6.00. The molecule has 9 heteroatoms. The van der Waals surface area contributed by atoms with Crippen molar-refractivity contribution in [2.45, 2.75) is 103 Å². The number of aliphatic hydroxyl groups excluding tert-OH is 1. The molecule has 1 aromatic carbocycles. The van der Waals surface area contributed by atoms with Crippen LogP contribution in [0.4, 0.5) is 0 Å². The first kappa shape index (κ1) is 32.4. The highest BCUT2D eigenvalue weighted by molar-refractivity contribution is 7.12. The van der Waals surface area contributed by atoms with E-state index in [0.717, 1.165) is 78.3 Å². The minimum atomic E-state index is -0.533.